The van der Waals surface area contributed by atoms with Crippen LogP contribution in [0.1, 0.15) is 0 Å². The van der Waals surface area contributed by atoms with Crippen LogP contribution in [0.3, 0.4) is 0 Å². The molecule has 3 aromatic rings. The summed E-state index contributed by atoms with van der Waals surface area (Å²) in [4.78, 5) is 8.28. The zero-order valence-corrected chi connectivity index (χ0v) is 10.1. The van der Waals surface area contributed by atoms with Gasteiger partial charge >= 0.3 is 0 Å². The van der Waals surface area contributed by atoms with E-state index >= 15 is 0 Å². The van der Waals surface area contributed by atoms with Crippen LogP contribution in [0.2, 0.25) is 5.28 Å². The number of hydrogen-bond acceptors (Lipinski definition) is 3. The van der Waals surface area contributed by atoms with E-state index in [1.807, 2.05) is 54.6 Å². The average molecular weight is 257 g/mol. The molecule has 0 aliphatic carbocycles. The van der Waals surface area contributed by atoms with Crippen molar-refractivity contribution in [3.8, 4) is 11.6 Å². The molecule has 4 heteroatoms. The quantitative estimate of drug-likeness (QED) is 0.648. The predicted octanol–water partition coefficient (Wildman–Crippen LogP) is 4.08. The number of ether oxygens (including phenoxy) is 1. The minimum atomic E-state index is 0.180. The van der Waals surface area contributed by atoms with Gasteiger partial charge < -0.3 is 4.74 Å². The largest absolute Gasteiger partial charge is 0.438 e. The van der Waals surface area contributed by atoms with E-state index in [4.69, 9.17) is 16.3 Å². The van der Waals surface area contributed by atoms with E-state index in [0.29, 0.717) is 5.88 Å². The smallest absolute Gasteiger partial charge is 0.231 e. The summed E-state index contributed by atoms with van der Waals surface area (Å²) in [5, 5.41) is 1.02. The Morgan fingerprint density at radius 2 is 1.56 bits per heavy atom. The van der Waals surface area contributed by atoms with Crippen LogP contribution in [-0.2, 0) is 0 Å². The van der Waals surface area contributed by atoms with Crippen molar-refractivity contribution in [2.45, 2.75) is 0 Å². The summed E-state index contributed by atoms with van der Waals surface area (Å²) in [6.45, 7) is 0. The Labute approximate surface area is 109 Å². The van der Waals surface area contributed by atoms with Crippen LogP contribution in [0.4, 0.5) is 0 Å². The fourth-order valence-corrected chi connectivity index (χ4v) is 1.87. The Morgan fingerprint density at radius 1 is 0.833 bits per heavy atom. The van der Waals surface area contributed by atoms with Gasteiger partial charge in [0.1, 0.15) is 5.75 Å². The van der Waals surface area contributed by atoms with Crippen molar-refractivity contribution in [1.29, 1.82) is 0 Å². The van der Waals surface area contributed by atoms with Crippen molar-refractivity contribution >= 4 is 22.5 Å². The topological polar surface area (TPSA) is 35.0 Å². The van der Waals surface area contributed by atoms with Gasteiger partial charge in [0.25, 0.3) is 0 Å². The first-order valence-electron chi connectivity index (χ1n) is 5.48. The lowest BCUT2D eigenvalue weighted by Gasteiger charge is -2.07. The van der Waals surface area contributed by atoms with Gasteiger partial charge in [0.05, 0.1) is 10.9 Å². The maximum Gasteiger partial charge on any atom is 0.231 e. The normalized spacial score (nSPS) is 10.5. The maximum absolute atomic E-state index is 5.89. The number of hydrogen-bond donors (Lipinski definition) is 0. The standard InChI is InChI=1S/C14H9ClN2O/c15-14-16-12-9-5-4-8-11(12)13(17-14)18-10-6-2-1-3-7-10/h1-9H. The highest BCUT2D eigenvalue weighted by molar-refractivity contribution is 6.28. The van der Waals surface area contributed by atoms with Gasteiger partial charge in [-0.2, -0.15) is 4.98 Å². The number of para-hydroxylation sites is 2. The average Bonchev–Trinajstić information content (AvgIpc) is 2.40. The summed E-state index contributed by atoms with van der Waals surface area (Å²) in [5.41, 5.74) is 0.767. The van der Waals surface area contributed by atoms with Crippen molar-refractivity contribution in [3.63, 3.8) is 0 Å². The number of rotatable bonds is 2. The third kappa shape index (κ3) is 2.13. The molecule has 0 fully saturated rings. The second-order valence-electron chi connectivity index (χ2n) is 3.73. The molecule has 2 aromatic carbocycles. The molecule has 1 aromatic heterocycles. The van der Waals surface area contributed by atoms with Crippen LogP contribution < -0.4 is 4.74 Å². The lowest BCUT2D eigenvalue weighted by molar-refractivity contribution is 0.468. The van der Waals surface area contributed by atoms with E-state index < -0.39 is 0 Å². The molecule has 3 nitrogen and oxygen atoms in total. The number of benzene rings is 2. The van der Waals surface area contributed by atoms with Crippen LogP contribution in [0, 0.1) is 0 Å². The zero-order valence-electron chi connectivity index (χ0n) is 9.38. The maximum atomic E-state index is 5.89. The first-order valence-corrected chi connectivity index (χ1v) is 5.86. The fraction of sp³-hybridized carbons (Fsp3) is 0. The van der Waals surface area contributed by atoms with Crippen LogP contribution in [0.25, 0.3) is 10.9 Å². The Morgan fingerprint density at radius 3 is 2.39 bits per heavy atom. The summed E-state index contributed by atoms with van der Waals surface area (Å²) >= 11 is 5.89. The van der Waals surface area contributed by atoms with Gasteiger partial charge in [-0.25, -0.2) is 4.98 Å². The molecule has 18 heavy (non-hydrogen) atoms. The second kappa shape index (κ2) is 4.63. The Bertz CT molecular complexity index is 686. The predicted molar refractivity (Wildman–Crippen MR) is 71.1 cm³/mol. The third-order valence-electron chi connectivity index (χ3n) is 2.50. The zero-order chi connectivity index (χ0) is 12.4. The highest BCUT2D eigenvalue weighted by atomic mass is 35.5. The molecule has 0 aliphatic rings. The van der Waals surface area contributed by atoms with E-state index in [9.17, 15) is 0 Å². The van der Waals surface area contributed by atoms with Crippen LogP contribution in [0.15, 0.2) is 54.6 Å². The van der Waals surface area contributed by atoms with E-state index in [1.165, 1.54) is 0 Å². The minimum absolute atomic E-state index is 0.180. The molecule has 0 bridgehead atoms. The van der Waals surface area contributed by atoms with Gasteiger partial charge in [0, 0.05) is 0 Å². The summed E-state index contributed by atoms with van der Waals surface area (Å²) < 4.78 is 5.74. The highest BCUT2D eigenvalue weighted by Crippen LogP contribution is 2.27. The molecule has 0 N–H and O–H groups in total. The number of halogens is 1. The Balaban J connectivity index is 2.11. The second-order valence-corrected chi connectivity index (χ2v) is 4.07. The van der Waals surface area contributed by atoms with Gasteiger partial charge in [0.15, 0.2) is 0 Å². The summed E-state index contributed by atoms with van der Waals surface area (Å²) in [7, 11) is 0. The summed E-state index contributed by atoms with van der Waals surface area (Å²) in [6.07, 6.45) is 0. The van der Waals surface area contributed by atoms with Crippen molar-refractivity contribution < 1.29 is 4.74 Å². The van der Waals surface area contributed by atoms with Crippen LogP contribution in [-0.4, -0.2) is 9.97 Å². The molecule has 0 radical (unpaired) electrons. The first kappa shape index (κ1) is 11.0. The SMILES string of the molecule is Clc1nc(Oc2ccccc2)c2ccccc2n1. The molecule has 1 heterocycles. The lowest BCUT2D eigenvalue weighted by Crippen LogP contribution is -1.92. The molecule has 0 atom stereocenters. The monoisotopic (exact) mass is 256 g/mol. The van der Waals surface area contributed by atoms with Gasteiger partial charge in [-0.1, -0.05) is 30.3 Å². The van der Waals surface area contributed by atoms with Crippen molar-refractivity contribution in [1.82, 2.24) is 9.97 Å². The number of nitrogens with zero attached hydrogens (tertiary/aromatic N) is 2. The molecule has 0 aliphatic heterocycles. The molecule has 88 valence electrons. The molecule has 0 amide bonds. The lowest BCUT2D eigenvalue weighted by atomic mass is 10.2. The van der Waals surface area contributed by atoms with E-state index in [-0.39, 0.29) is 5.28 Å². The summed E-state index contributed by atoms with van der Waals surface area (Å²) in [5.74, 6) is 1.19. The van der Waals surface area contributed by atoms with E-state index in [2.05, 4.69) is 9.97 Å². The molecule has 0 unspecified atom stereocenters. The Kier molecular flexibility index (Phi) is 2.82. The molecule has 0 saturated carbocycles. The van der Waals surface area contributed by atoms with E-state index in [0.717, 1.165) is 16.7 Å². The molecule has 0 saturated heterocycles. The molecular weight excluding hydrogens is 248 g/mol. The Hall–Kier alpha value is -2.13. The summed E-state index contributed by atoms with van der Waals surface area (Å²) in [6, 6.07) is 17.1. The van der Waals surface area contributed by atoms with Gasteiger partial charge in [-0.05, 0) is 35.9 Å². The van der Waals surface area contributed by atoms with Crippen LogP contribution >= 0.6 is 11.6 Å². The van der Waals surface area contributed by atoms with Crippen molar-refractivity contribution in [3.05, 3.63) is 59.9 Å². The third-order valence-corrected chi connectivity index (χ3v) is 2.67. The fourth-order valence-electron chi connectivity index (χ4n) is 1.70. The number of aromatic nitrogens is 2. The number of fused-ring (bicyclic) bond motifs is 1. The molecule has 0 spiro atoms. The molecular formula is C14H9ClN2O. The van der Waals surface area contributed by atoms with Crippen molar-refractivity contribution in [2.24, 2.45) is 0 Å². The first-order chi connectivity index (χ1) is 8.83. The van der Waals surface area contributed by atoms with Gasteiger partial charge in [0.2, 0.25) is 11.2 Å². The highest BCUT2D eigenvalue weighted by Gasteiger charge is 2.07. The van der Waals surface area contributed by atoms with Gasteiger partial charge in [-0.15, -0.1) is 0 Å². The minimum Gasteiger partial charge on any atom is -0.438 e. The van der Waals surface area contributed by atoms with Crippen LogP contribution in [0.5, 0.6) is 11.6 Å². The van der Waals surface area contributed by atoms with E-state index in [1.54, 1.807) is 0 Å². The van der Waals surface area contributed by atoms with Crippen molar-refractivity contribution in [2.75, 3.05) is 0 Å². The molecule has 3 rings (SSSR count). The van der Waals surface area contributed by atoms with Gasteiger partial charge in [-0.3, -0.25) is 0 Å².